The highest BCUT2D eigenvalue weighted by atomic mass is 79.9. The van der Waals surface area contributed by atoms with Crippen molar-refractivity contribution in [3.63, 3.8) is 0 Å². The van der Waals surface area contributed by atoms with Crippen LogP contribution in [0.25, 0.3) is 0 Å². The van der Waals surface area contributed by atoms with Gasteiger partial charge in [0.1, 0.15) is 0 Å². The molecule has 0 nitrogen and oxygen atoms in total. The minimum atomic E-state index is -0.810. The van der Waals surface area contributed by atoms with Crippen LogP contribution in [-0.2, 0) is 0 Å². The fourth-order valence-corrected chi connectivity index (χ4v) is 3.12. The molecule has 0 radical (unpaired) electrons. The number of benzene rings is 1. The highest BCUT2D eigenvalue weighted by Gasteiger charge is 2.18. The summed E-state index contributed by atoms with van der Waals surface area (Å²) in [5, 5.41) is 0. The molecule has 2 rings (SSSR count). The van der Waals surface area contributed by atoms with Crippen molar-refractivity contribution in [1.82, 2.24) is 0 Å². The second kappa shape index (κ2) is 4.63. The molecule has 0 spiro atoms. The van der Waals surface area contributed by atoms with Crippen LogP contribution in [0.15, 0.2) is 30.3 Å². The average Bonchev–Trinajstić information content (AvgIpc) is 2.68. The summed E-state index contributed by atoms with van der Waals surface area (Å²) < 4.78 is 26.6. The summed E-state index contributed by atoms with van der Waals surface area (Å²) in [6, 6.07) is 8.11. The van der Waals surface area contributed by atoms with Gasteiger partial charge >= 0.3 is 0 Å². The molecule has 1 aromatic carbocycles. The number of thiophene rings is 1. The van der Waals surface area contributed by atoms with Crippen LogP contribution in [0.2, 0.25) is 0 Å². The Hall–Kier alpha value is -0.740. The molecule has 2 aromatic rings. The van der Waals surface area contributed by atoms with E-state index in [1.54, 1.807) is 17.4 Å². The van der Waals surface area contributed by atoms with Crippen LogP contribution in [0.1, 0.15) is 20.1 Å². The van der Waals surface area contributed by atoms with Gasteiger partial charge in [0, 0.05) is 15.3 Å². The van der Waals surface area contributed by atoms with Gasteiger partial charge in [-0.25, -0.2) is 8.78 Å². The van der Waals surface area contributed by atoms with Gasteiger partial charge in [-0.1, -0.05) is 28.1 Å². The van der Waals surface area contributed by atoms with Gasteiger partial charge in [0.05, 0.1) is 4.83 Å². The van der Waals surface area contributed by atoms with E-state index >= 15 is 0 Å². The zero-order chi connectivity index (χ0) is 11.7. The van der Waals surface area contributed by atoms with E-state index in [4.69, 9.17) is 0 Å². The number of rotatable bonds is 2. The predicted molar refractivity (Wildman–Crippen MR) is 66.2 cm³/mol. The Labute approximate surface area is 105 Å². The first-order valence-electron chi connectivity index (χ1n) is 4.74. The zero-order valence-corrected chi connectivity index (χ0v) is 10.9. The molecule has 0 saturated carbocycles. The molecular formula is C12H9BrF2S. The van der Waals surface area contributed by atoms with Gasteiger partial charge in [-0.2, -0.15) is 0 Å². The van der Waals surface area contributed by atoms with E-state index in [9.17, 15) is 8.78 Å². The van der Waals surface area contributed by atoms with Crippen LogP contribution >= 0.6 is 27.3 Å². The molecule has 1 unspecified atom stereocenters. The molecule has 0 aliphatic heterocycles. The van der Waals surface area contributed by atoms with Crippen molar-refractivity contribution >= 4 is 27.3 Å². The molecular weight excluding hydrogens is 294 g/mol. The normalized spacial score (nSPS) is 12.8. The van der Waals surface area contributed by atoms with E-state index in [0.29, 0.717) is 5.56 Å². The smallest absolute Gasteiger partial charge is 0.163 e. The minimum absolute atomic E-state index is 0.290. The van der Waals surface area contributed by atoms with Crippen LogP contribution in [0.3, 0.4) is 0 Å². The Morgan fingerprint density at radius 3 is 2.56 bits per heavy atom. The van der Waals surface area contributed by atoms with Gasteiger partial charge in [-0.3, -0.25) is 0 Å². The third-order valence-corrected chi connectivity index (χ3v) is 4.62. The molecule has 1 atom stereocenters. The summed E-state index contributed by atoms with van der Waals surface area (Å²) in [6.07, 6.45) is 0. The third-order valence-electron chi connectivity index (χ3n) is 2.27. The lowest BCUT2D eigenvalue weighted by atomic mass is 10.1. The van der Waals surface area contributed by atoms with Gasteiger partial charge in [0.15, 0.2) is 11.6 Å². The Morgan fingerprint density at radius 2 is 1.94 bits per heavy atom. The van der Waals surface area contributed by atoms with Crippen molar-refractivity contribution in [2.45, 2.75) is 11.8 Å². The molecule has 0 saturated heterocycles. The van der Waals surface area contributed by atoms with Crippen LogP contribution in [-0.4, -0.2) is 0 Å². The third kappa shape index (κ3) is 2.18. The molecule has 0 amide bonds. The maximum Gasteiger partial charge on any atom is 0.163 e. The number of aryl methyl sites for hydroxylation is 1. The standard InChI is InChI=1S/C12H9BrF2S/c1-7-5-6-10(16-7)11(13)8-3-2-4-9(14)12(8)15/h2-6,11H,1H3. The van der Waals surface area contributed by atoms with Crippen LogP contribution in [0.4, 0.5) is 8.78 Å². The summed E-state index contributed by atoms with van der Waals surface area (Å²) in [7, 11) is 0. The van der Waals surface area contributed by atoms with Crippen molar-refractivity contribution in [2.24, 2.45) is 0 Å². The van der Waals surface area contributed by atoms with E-state index < -0.39 is 11.6 Å². The van der Waals surface area contributed by atoms with E-state index in [1.165, 1.54) is 6.07 Å². The Bertz CT molecular complexity index is 507. The van der Waals surface area contributed by atoms with E-state index in [0.717, 1.165) is 15.8 Å². The zero-order valence-electron chi connectivity index (χ0n) is 8.51. The Morgan fingerprint density at radius 1 is 1.19 bits per heavy atom. The van der Waals surface area contributed by atoms with Crippen molar-refractivity contribution in [2.75, 3.05) is 0 Å². The molecule has 84 valence electrons. The topological polar surface area (TPSA) is 0 Å². The first-order valence-corrected chi connectivity index (χ1v) is 6.47. The number of hydrogen-bond acceptors (Lipinski definition) is 1. The molecule has 0 bridgehead atoms. The van der Waals surface area contributed by atoms with Crippen molar-refractivity contribution in [3.05, 3.63) is 57.3 Å². The van der Waals surface area contributed by atoms with Crippen LogP contribution in [0.5, 0.6) is 0 Å². The number of hydrogen-bond donors (Lipinski definition) is 0. The average molecular weight is 303 g/mol. The van der Waals surface area contributed by atoms with Gasteiger partial charge in [0.25, 0.3) is 0 Å². The van der Waals surface area contributed by atoms with Crippen molar-refractivity contribution < 1.29 is 8.78 Å². The number of halogens is 3. The summed E-state index contributed by atoms with van der Waals surface area (Å²) >= 11 is 4.97. The van der Waals surface area contributed by atoms with E-state index in [1.807, 2.05) is 19.1 Å². The van der Waals surface area contributed by atoms with Crippen LogP contribution < -0.4 is 0 Å². The van der Waals surface area contributed by atoms with Crippen molar-refractivity contribution in [3.8, 4) is 0 Å². The Kier molecular flexibility index (Phi) is 3.40. The lowest BCUT2D eigenvalue weighted by Crippen LogP contribution is -1.96. The molecule has 0 fully saturated rings. The van der Waals surface area contributed by atoms with E-state index in [2.05, 4.69) is 15.9 Å². The summed E-state index contributed by atoms with van der Waals surface area (Å²) in [5.74, 6) is -1.59. The lowest BCUT2D eigenvalue weighted by molar-refractivity contribution is 0.501. The van der Waals surface area contributed by atoms with E-state index in [-0.39, 0.29) is 4.83 Å². The summed E-state index contributed by atoms with van der Waals surface area (Å²) in [6.45, 7) is 1.98. The maximum absolute atomic E-state index is 13.5. The quantitative estimate of drug-likeness (QED) is 0.698. The monoisotopic (exact) mass is 302 g/mol. The largest absolute Gasteiger partial charge is 0.204 e. The molecule has 1 heterocycles. The molecule has 0 aliphatic carbocycles. The Balaban J connectivity index is 2.41. The molecule has 0 N–H and O–H groups in total. The van der Waals surface area contributed by atoms with Gasteiger partial charge < -0.3 is 0 Å². The highest BCUT2D eigenvalue weighted by molar-refractivity contribution is 9.09. The molecule has 4 heteroatoms. The fraction of sp³-hybridized carbons (Fsp3) is 0.167. The minimum Gasteiger partial charge on any atom is -0.204 e. The lowest BCUT2D eigenvalue weighted by Gasteiger charge is -2.09. The fourth-order valence-electron chi connectivity index (χ4n) is 1.46. The maximum atomic E-state index is 13.5. The number of alkyl halides is 1. The second-order valence-electron chi connectivity index (χ2n) is 3.45. The molecule has 0 aliphatic rings. The molecule has 16 heavy (non-hydrogen) atoms. The summed E-state index contributed by atoms with van der Waals surface area (Å²) in [4.78, 5) is 1.83. The SMILES string of the molecule is Cc1ccc(C(Br)c2cccc(F)c2F)s1. The first kappa shape index (κ1) is 11.7. The highest BCUT2D eigenvalue weighted by Crippen LogP contribution is 2.36. The van der Waals surface area contributed by atoms with Gasteiger partial charge in [-0.15, -0.1) is 11.3 Å². The van der Waals surface area contributed by atoms with Gasteiger partial charge in [-0.05, 0) is 25.1 Å². The second-order valence-corrected chi connectivity index (χ2v) is 5.69. The molecule has 1 aromatic heterocycles. The van der Waals surface area contributed by atoms with Gasteiger partial charge in [0.2, 0.25) is 0 Å². The first-order chi connectivity index (χ1) is 7.59. The predicted octanol–water partition coefficient (Wildman–Crippen LogP) is 4.82. The van der Waals surface area contributed by atoms with Crippen molar-refractivity contribution in [1.29, 1.82) is 0 Å². The van der Waals surface area contributed by atoms with Crippen LogP contribution in [0, 0.1) is 18.6 Å². The summed E-state index contributed by atoms with van der Waals surface area (Å²) in [5.41, 5.74) is 0.335.